The molecule has 118 valence electrons. The van der Waals surface area contributed by atoms with E-state index < -0.39 is 10.0 Å². The Labute approximate surface area is 125 Å². The van der Waals surface area contributed by atoms with E-state index in [0.717, 1.165) is 19.4 Å². The Hall–Kier alpha value is -1.41. The van der Waals surface area contributed by atoms with Crippen LogP contribution in [0.2, 0.25) is 0 Å². The number of sulfonamides is 1. The second-order valence-corrected chi connectivity index (χ2v) is 7.41. The van der Waals surface area contributed by atoms with Crippen molar-refractivity contribution in [1.82, 2.24) is 14.1 Å². The Bertz CT molecular complexity index is 641. The number of aromatic nitrogens is 2. The normalized spacial score (nSPS) is 20.4. The zero-order chi connectivity index (χ0) is 15.5. The van der Waals surface area contributed by atoms with Crippen molar-refractivity contribution in [2.45, 2.75) is 26.3 Å². The van der Waals surface area contributed by atoms with E-state index in [2.05, 4.69) is 10.4 Å². The van der Waals surface area contributed by atoms with Crippen LogP contribution in [0, 0.1) is 5.92 Å². The number of nitrogens with zero attached hydrogens (tertiary/aromatic N) is 3. The van der Waals surface area contributed by atoms with Crippen molar-refractivity contribution in [2.24, 2.45) is 5.92 Å². The maximum absolute atomic E-state index is 12.0. The predicted octanol–water partition coefficient (Wildman–Crippen LogP) is 0.347. The molecular weight excluding hydrogens is 292 g/mol. The van der Waals surface area contributed by atoms with Crippen molar-refractivity contribution in [3.63, 3.8) is 0 Å². The summed E-state index contributed by atoms with van der Waals surface area (Å²) < 4.78 is 26.1. The predicted molar refractivity (Wildman–Crippen MR) is 81.8 cm³/mol. The fourth-order valence-corrected chi connectivity index (χ4v) is 3.54. The minimum atomic E-state index is -3.16. The first-order valence-electron chi connectivity index (χ1n) is 7.16. The smallest absolute Gasteiger partial charge is 0.268 e. The molecule has 1 saturated heterocycles. The molecule has 1 N–H and O–H groups in total. The Balaban J connectivity index is 2.06. The van der Waals surface area contributed by atoms with E-state index in [9.17, 15) is 13.2 Å². The van der Waals surface area contributed by atoms with Gasteiger partial charge in [0.15, 0.2) is 0 Å². The van der Waals surface area contributed by atoms with Crippen LogP contribution in [0.3, 0.4) is 0 Å². The molecule has 0 aromatic carbocycles. The van der Waals surface area contributed by atoms with Crippen LogP contribution in [0.1, 0.15) is 19.8 Å². The molecule has 1 aromatic heterocycles. The molecule has 1 aliphatic heterocycles. The third-order valence-electron chi connectivity index (χ3n) is 3.63. The van der Waals surface area contributed by atoms with E-state index >= 15 is 0 Å². The van der Waals surface area contributed by atoms with E-state index in [1.165, 1.54) is 21.3 Å². The van der Waals surface area contributed by atoms with Crippen molar-refractivity contribution in [1.29, 1.82) is 0 Å². The summed E-state index contributed by atoms with van der Waals surface area (Å²) in [5, 5.41) is 7.19. The molecule has 0 bridgehead atoms. The van der Waals surface area contributed by atoms with Crippen molar-refractivity contribution >= 4 is 15.7 Å². The zero-order valence-corrected chi connectivity index (χ0v) is 13.3. The zero-order valence-electron chi connectivity index (χ0n) is 12.4. The molecule has 1 unspecified atom stereocenters. The van der Waals surface area contributed by atoms with Crippen LogP contribution in [0.4, 0.5) is 5.69 Å². The highest BCUT2D eigenvalue weighted by molar-refractivity contribution is 7.88. The van der Waals surface area contributed by atoms with Crippen LogP contribution in [-0.4, -0.2) is 48.4 Å². The highest BCUT2D eigenvalue weighted by Crippen LogP contribution is 2.19. The quantitative estimate of drug-likeness (QED) is 0.847. The summed E-state index contributed by atoms with van der Waals surface area (Å²) in [5.74, 6) is 0.128. The molecule has 2 rings (SSSR count). The third-order valence-corrected chi connectivity index (χ3v) is 4.90. The van der Waals surface area contributed by atoms with E-state index in [0.29, 0.717) is 25.3 Å². The summed E-state index contributed by atoms with van der Waals surface area (Å²) in [6, 6.07) is 1.52. The standard InChI is InChI=1S/C13H22N4O3S/c1-3-14-12-7-13(18)17(15-8-12)10-11-5-4-6-16(9-11)21(2,19)20/h7-8,11,14H,3-6,9-10H2,1-2H3. The lowest BCUT2D eigenvalue weighted by Crippen LogP contribution is -2.41. The van der Waals surface area contributed by atoms with E-state index in [4.69, 9.17) is 0 Å². The molecule has 7 nitrogen and oxygen atoms in total. The van der Waals surface area contributed by atoms with Gasteiger partial charge < -0.3 is 5.32 Å². The Kier molecular flexibility index (Phi) is 5.00. The lowest BCUT2D eigenvalue weighted by molar-refractivity contribution is 0.238. The van der Waals surface area contributed by atoms with Gasteiger partial charge in [-0.15, -0.1) is 0 Å². The van der Waals surface area contributed by atoms with Crippen LogP contribution in [0.5, 0.6) is 0 Å². The summed E-state index contributed by atoms with van der Waals surface area (Å²) in [5.41, 5.74) is 0.546. The fraction of sp³-hybridized carbons (Fsp3) is 0.692. The number of hydrogen-bond acceptors (Lipinski definition) is 5. The van der Waals surface area contributed by atoms with Crippen molar-refractivity contribution in [3.05, 3.63) is 22.6 Å². The van der Waals surface area contributed by atoms with Crippen LogP contribution in [0.25, 0.3) is 0 Å². The van der Waals surface area contributed by atoms with Gasteiger partial charge in [0.2, 0.25) is 10.0 Å². The molecule has 0 spiro atoms. The lowest BCUT2D eigenvalue weighted by atomic mass is 10.00. The first-order valence-corrected chi connectivity index (χ1v) is 9.01. The largest absolute Gasteiger partial charge is 0.384 e. The first kappa shape index (κ1) is 16.0. The second kappa shape index (κ2) is 6.57. The number of anilines is 1. The van der Waals surface area contributed by atoms with Gasteiger partial charge in [0.25, 0.3) is 5.56 Å². The molecule has 1 fully saturated rings. The highest BCUT2D eigenvalue weighted by atomic mass is 32.2. The molecule has 21 heavy (non-hydrogen) atoms. The van der Waals surface area contributed by atoms with Crippen molar-refractivity contribution in [3.8, 4) is 0 Å². The molecule has 1 atom stereocenters. The minimum Gasteiger partial charge on any atom is -0.384 e. The Morgan fingerprint density at radius 1 is 1.48 bits per heavy atom. The minimum absolute atomic E-state index is 0.128. The summed E-state index contributed by atoms with van der Waals surface area (Å²) in [6.45, 7) is 4.17. The van der Waals surface area contributed by atoms with Gasteiger partial charge in [-0.05, 0) is 25.7 Å². The Morgan fingerprint density at radius 2 is 2.24 bits per heavy atom. The number of rotatable bonds is 5. The molecule has 8 heteroatoms. The topological polar surface area (TPSA) is 84.3 Å². The average molecular weight is 314 g/mol. The van der Waals surface area contributed by atoms with Gasteiger partial charge in [0.05, 0.1) is 18.1 Å². The monoisotopic (exact) mass is 314 g/mol. The molecule has 1 aromatic rings. The van der Waals surface area contributed by atoms with Crippen molar-refractivity contribution < 1.29 is 8.42 Å². The van der Waals surface area contributed by atoms with Crippen LogP contribution in [-0.2, 0) is 16.6 Å². The van der Waals surface area contributed by atoms with Gasteiger partial charge >= 0.3 is 0 Å². The SMILES string of the molecule is CCNc1cnn(CC2CCCN(S(C)(=O)=O)C2)c(=O)c1. The summed E-state index contributed by atoms with van der Waals surface area (Å²) in [6.07, 6.45) is 4.59. The van der Waals surface area contributed by atoms with E-state index in [1.54, 1.807) is 6.20 Å². The van der Waals surface area contributed by atoms with E-state index in [1.807, 2.05) is 6.92 Å². The summed E-state index contributed by atoms with van der Waals surface area (Å²) in [7, 11) is -3.16. The van der Waals surface area contributed by atoms with Crippen LogP contribution >= 0.6 is 0 Å². The maximum Gasteiger partial charge on any atom is 0.268 e. The van der Waals surface area contributed by atoms with Gasteiger partial charge in [-0.25, -0.2) is 17.4 Å². The lowest BCUT2D eigenvalue weighted by Gasteiger charge is -2.30. The van der Waals surface area contributed by atoms with Crippen molar-refractivity contribution in [2.75, 3.05) is 31.2 Å². The summed E-state index contributed by atoms with van der Waals surface area (Å²) in [4.78, 5) is 12.0. The van der Waals surface area contributed by atoms with Gasteiger partial charge in [-0.2, -0.15) is 5.10 Å². The molecule has 0 aliphatic carbocycles. The van der Waals surface area contributed by atoms with Crippen LogP contribution in [0.15, 0.2) is 17.1 Å². The van der Waals surface area contributed by atoms with Gasteiger partial charge in [0.1, 0.15) is 0 Å². The van der Waals surface area contributed by atoms with E-state index in [-0.39, 0.29) is 11.5 Å². The second-order valence-electron chi connectivity index (χ2n) is 5.42. The number of hydrogen-bond donors (Lipinski definition) is 1. The number of nitrogens with one attached hydrogen (secondary N) is 1. The molecule has 0 radical (unpaired) electrons. The molecule has 1 aliphatic rings. The first-order chi connectivity index (χ1) is 9.90. The molecule has 2 heterocycles. The molecule has 0 amide bonds. The summed E-state index contributed by atoms with van der Waals surface area (Å²) >= 11 is 0. The van der Waals surface area contributed by atoms with Gasteiger partial charge in [0, 0.05) is 32.2 Å². The number of piperidine rings is 1. The van der Waals surface area contributed by atoms with Gasteiger partial charge in [-0.3, -0.25) is 4.79 Å². The molecule has 0 saturated carbocycles. The molecular formula is C13H22N4O3S. The average Bonchev–Trinajstić information content (AvgIpc) is 2.42. The van der Waals surface area contributed by atoms with Gasteiger partial charge in [-0.1, -0.05) is 0 Å². The fourth-order valence-electron chi connectivity index (χ4n) is 2.59. The van der Waals surface area contributed by atoms with Crippen LogP contribution < -0.4 is 10.9 Å². The Morgan fingerprint density at radius 3 is 2.86 bits per heavy atom. The third kappa shape index (κ3) is 4.28. The maximum atomic E-state index is 12.0. The highest BCUT2D eigenvalue weighted by Gasteiger charge is 2.26.